The van der Waals surface area contributed by atoms with Crippen molar-refractivity contribution in [2.45, 2.75) is 59.4 Å². The minimum absolute atomic E-state index is 0.199. The SMILES string of the molecule is CCCC(C)(C)NCCC(C)(C)C#N. The second-order valence-corrected chi connectivity index (χ2v) is 5.31. The fourth-order valence-corrected chi connectivity index (χ4v) is 1.48. The first-order chi connectivity index (χ1) is 6.33. The van der Waals surface area contributed by atoms with Crippen molar-refractivity contribution in [1.29, 1.82) is 5.26 Å². The molecule has 0 aromatic heterocycles. The van der Waals surface area contributed by atoms with Crippen molar-refractivity contribution in [3.8, 4) is 6.07 Å². The van der Waals surface area contributed by atoms with Gasteiger partial charge < -0.3 is 5.32 Å². The van der Waals surface area contributed by atoms with Gasteiger partial charge in [-0.2, -0.15) is 5.26 Å². The Balaban J connectivity index is 3.80. The van der Waals surface area contributed by atoms with Gasteiger partial charge in [0.1, 0.15) is 0 Å². The fraction of sp³-hybridized carbons (Fsp3) is 0.917. The van der Waals surface area contributed by atoms with Gasteiger partial charge in [-0.3, -0.25) is 0 Å². The third kappa shape index (κ3) is 5.99. The van der Waals surface area contributed by atoms with Gasteiger partial charge in [0.05, 0.1) is 11.5 Å². The molecule has 0 aliphatic rings. The Hall–Kier alpha value is -0.550. The van der Waals surface area contributed by atoms with E-state index in [1.165, 1.54) is 12.8 Å². The molecule has 0 aliphatic carbocycles. The number of nitrogens with zero attached hydrogens (tertiary/aromatic N) is 1. The molecule has 0 heterocycles. The van der Waals surface area contributed by atoms with E-state index >= 15 is 0 Å². The minimum Gasteiger partial charge on any atom is -0.312 e. The molecule has 0 radical (unpaired) electrons. The summed E-state index contributed by atoms with van der Waals surface area (Å²) in [6, 6.07) is 2.32. The zero-order valence-electron chi connectivity index (χ0n) is 10.3. The number of nitriles is 1. The van der Waals surface area contributed by atoms with Crippen molar-refractivity contribution < 1.29 is 0 Å². The molecule has 1 N–H and O–H groups in total. The average Bonchev–Trinajstić information content (AvgIpc) is 2.03. The standard InChI is InChI=1S/C12H24N2/c1-6-7-12(4,5)14-9-8-11(2,3)10-13/h14H,6-9H2,1-5H3. The quantitative estimate of drug-likeness (QED) is 0.708. The molecule has 2 nitrogen and oxygen atoms in total. The largest absolute Gasteiger partial charge is 0.312 e. The summed E-state index contributed by atoms with van der Waals surface area (Å²) in [6.07, 6.45) is 3.29. The predicted octanol–water partition coefficient (Wildman–Crippen LogP) is 3.09. The topological polar surface area (TPSA) is 35.8 Å². The highest BCUT2D eigenvalue weighted by atomic mass is 14.9. The third-order valence-electron chi connectivity index (χ3n) is 2.53. The van der Waals surface area contributed by atoms with Gasteiger partial charge in [0, 0.05) is 5.54 Å². The van der Waals surface area contributed by atoms with Crippen molar-refractivity contribution in [2.75, 3.05) is 6.54 Å². The molecule has 0 bridgehead atoms. The van der Waals surface area contributed by atoms with E-state index < -0.39 is 0 Å². The molecule has 0 amide bonds. The van der Waals surface area contributed by atoms with E-state index in [9.17, 15) is 0 Å². The van der Waals surface area contributed by atoms with Crippen LogP contribution in [0.25, 0.3) is 0 Å². The summed E-state index contributed by atoms with van der Waals surface area (Å²) in [7, 11) is 0. The average molecular weight is 196 g/mol. The molecular weight excluding hydrogens is 172 g/mol. The molecule has 0 atom stereocenters. The minimum atomic E-state index is -0.199. The highest BCUT2D eigenvalue weighted by molar-refractivity contribution is 4.92. The second-order valence-electron chi connectivity index (χ2n) is 5.31. The van der Waals surface area contributed by atoms with Crippen LogP contribution in [0.5, 0.6) is 0 Å². The van der Waals surface area contributed by atoms with Gasteiger partial charge in [-0.1, -0.05) is 13.3 Å². The van der Waals surface area contributed by atoms with Crippen LogP contribution in [0.1, 0.15) is 53.9 Å². The van der Waals surface area contributed by atoms with Crippen LogP contribution in [-0.2, 0) is 0 Å². The van der Waals surface area contributed by atoms with Crippen LogP contribution in [0.15, 0.2) is 0 Å². The first-order valence-electron chi connectivity index (χ1n) is 5.49. The smallest absolute Gasteiger partial charge is 0.0684 e. The number of hydrogen-bond acceptors (Lipinski definition) is 2. The first kappa shape index (κ1) is 13.4. The molecule has 82 valence electrons. The number of hydrogen-bond donors (Lipinski definition) is 1. The summed E-state index contributed by atoms with van der Waals surface area (Å²) in [5.74, 6) is 0. The number of nitrogens with one attached hydrogen (secondary N) is 1. The van der Waals surface area contributed by atoms with Crippen molar-refractivity contribution in [3.05, 3.63) is 0 Å². The molecule has 0 aromatic rings. The van der Waals surface area contributed by atoms with Crippen molar-refractivity contribution in [3.63, 3.8) is 0 Å². The normalized spacial score (nSPS) is 12.6. The zero-order chi connectivity index (χ0) is 11.2. The van der Waals surface area contributed by atoms with Crippen molar-refractivity contribution in [1.82, 2.24) is 5.32 Å². The second kappa shape index (κ2) is 5.36. The lowest BCUT2D eigenvalue weighted by Gasteiger charge is -2.27. The van der Waals surface area contributed by atoms with Gasteiger partial charge >= 0.3 is 0 Å². The number of rotatable bonds is 6. The molecule has 0 saturated carbocycles. The van der Waals surface area contributed by atoms with Gasteiger partial charge in [0.25, 0.3) is 0 Å². The summed E-state index contributed by atoms with van der Waals surface area (Å²) in [5.41, 5.74) is 0.00950. The molecule has 2 heteroatoms. The zero-order valence-corrected chi connectivity index (χ0v) is 10.3. The molecule has 0 unspecified atom stereocenters. The van der Waals surface area contributed by atoms with Gasteiger partial charge in [-0.15, -0.1) is 0 Å². The molecule has 0 spiro atoms. The summed E-state index contributed by atoms with van der Waals surface area (Å²) in [6.45, 7) is 11.5. The van der Waals surface area contributed by atoms with Crippen LogP contribution in [0.2, 0.25) is 0 Å². The monoisotopic (exact) mass is 196 g/mol. The maximum absolute atomic E-state index is 8.85. The molecule has 0 saturated heterocycles. The van der Waals surface area contributed by atoms with E-state index in [-0.39, 0.29) is 11.0 Å². The van der Waals surface area contributed by atoms with Gasteiger partial charge in [-0.25, -0.2) is 0 Å². The van der Waals surface area contributed by atoms with E-state index in [4.69, 9.17) is 5.26 Å². The van der Waals surface area contributed by atoms with Crippen LogP contribution < -0.4 is 5.32 Å². The van der Waals surface area contributed by atoms with E-state index in [1.54, 1.807) is 0 Å². The Morgan fingerprint density at radius 1 is 1.14 bits per heavy atom. The van der Waals surface area contributed by atoms with E-state index in [1.807, 2.05) is 13.8 Å². The molecule has 0 fully saturated rings. The van der Waals surface area contributed by atoms with Crippen LogP contribution in [-0.4, -0.2) is 12.1 Å². The van der Waals surface area contributed by atoms with Gasteiger partial charge in [-0.05, 0) is 47.1 Å². The molecule has 0 rings (SSSR count). The molecular formula is C12H24N2. The Bertz CT molecular complexity index is 199. The summed E-state index contributed by atoms with van der Waals surface area (Å²) < 4.78 is 0. The molecule has 0 aliphatic heterocycles. The predicted molar refractivity (Wildman–Crippen MR) is 61.0 cm³/mol. The first-order valence-corrected chi connectivity index (χ1v) is 5.49. The van der Waals surface area contributed by atoms with E-state index in [0.717, 1.165) is 13.0 Å². The Morgan fingerprint density at radius 3 is 2.14 bits per heavy atom. The summed E-state index contributed by atoms with van der Waals surface area (Å²) >= 11 is 0. The Labute approximate surface area is 88.7 Å². The molecule has 14 heavy (non-hydrogen) atoms. The lowest BCUT2D eigenvalue weighted by atomic mass is 9.90. The van der Waals surface area contributed by atoms with Crippen LogP contribution >= 0.6 is 0 Å². The lowest BCUT2D eigenvalue weighted by molar-refractivity contribution is 0.329. The molecule has 0 aromatic carbocycles. The lowest BCUT2D eigenvalue weighted by Crippen LogP contribution is -2.40. The van der Waals surface area contributed by atoms with E-state index in [0.29, 0.717) is 0 Å². The van der Waals surface area contributed by atoms with Gasteiger partial charge in [0.2, 0.25) is 0 Å². The highest BCUT2D eigenvalue weighted by Crippen LogP contribution is 2.18. The van der Waals surface area contributed by atoms with Crippen molar-refractivity contribution >= 4 is 0 Å². The van der Waals surface area contributed by atoms with Gasteiger partial charge in [0.15, 0.2) is 0 Å². The fourth-order valence-electron chi connectivity index (χ4n) is 1.48. The summed E-state index contributed by atoms with van der Waals surface area (Å²) in [5, 5.41) is 12.3. The van der Waals surface area contributed by atoms with Crippen molar-refractivity contribution in [2.24, 2.45) is 5.41 Å². The Kier molecular flexibility index (Phi) is 5.15. The summed E-state index contributed by atoms with van der Waals surface area (Å²) in [4.78, 5) is 0. The maximum Gasteiger partial charge on any atom is 0.0684 e. The van der Waals surface area contributed by atoms with Crippen LogP contribution in [0.3, 0.4) is 0 Å². The maximum atomic E-state index is 8.85. The van der Waals surface area contributed by atoms with Crippen LogP contribution in [0.4, 0.5) is 0 Å². The third-order valence-corrected chi connectivity index (χ3v) is 2.53. The Morgan fingerprint density at radius 2 is 1.71 bits per heavy atom. The van der Waals surface area contributed by atoms with E-state index in [2.05, 4.69) is 32.2 Å². The van der Waals surface area contributed by atoms with Crippen LogP contribution in [0, 0.1) is 16.7 Å². The highest BCUT2D eigenvalue weighted by Gasteiger charge is 2.19.